The number of methoxy groups -OCH3 is 2. The molecule has 1 aliphatic rings. The minimum atomic E-state index is -0.844. The number of hydrogen-bond acceptors (Lipinski definition) is 5. The van der Waals surface area contributed by atoms with Gasteiger partial charge in [-0.3, -0.25) is 0 Å². The molecule has 25 heavy (non-hydrogen) atoms. The van der Waals surface area contributed by atoms with E-state index in [1.807, 2.05) is 0 Å². The molecule has 1 heterocycles. The summed E-state index contributed by atoms with van der Waals surface area (Å²) in [6.07, 6.45) is 0. The lowest BCUT2D eigenvalue weighted by Gasteiger charge is -2.29. The highest BCUT2D eigenvalue weighted by molar-refractivity contribution is 6.38. The van der Waals surface area contributed by atoms with Gasteiger partial charge in [0.25, 0.3) is 0 Å². The Morgan fingerprint density at radius 3 is 2.44 bits per heavy atom. The Labute approximate surface area is 155 Å². The summed E-state index contributed by atoms with van der Waals surface area (Å²) in [6, 6.07) is 0.220. The van der Waals surface area contributed by atoms with E-state index in [1.54, 1.807) is 13.8 Å². The minimum absolute atomic E-state index is 0.140. The maximum absolute atomic E-state index is 12.4. The van der Waals surface area contributed by atoms with Gasteiger partial charge in [-0.1, -0.05) is 23.2 Å². The predicted molar refractivity (Wildman–Crippen MR) is 93.3 cm³/mol. The molecule has 0 bridgehead atoms. The Kier molecular flexibility index (Phi) is 6.02. The Morgan fingerprint density at radius 2 is 1.88 bits per heavy atom. The molecule has 2 rings (SSSR count). The Morgan fingerprint density at radius 1 is 1.24 bits per heavy atom. The average molecular weight is 389 g/mol. The molecule has 0 saturated carbocycles. The third-order valence-corrected chi connectivity index (χ3v) is 4.27. The molecule has 1 atom stereocenters. The molecule has 2 N–H and O–H groups in total. The van der Waals surface area contributed by atoms with E-state index in [1.165, 1.54) is 20.3 Å². The van der Waals surface area contributed by atoms with Crippen molar-refractivity contribution >= 4 is 35.2 Å². The number of esters is 1. The fraction of sp³-hybridized carbons (Fsp3) is 0.375. The number of amides is 2. The van der Waals surface area contributed by atoms with E-state index >= 15 is 0 Å². The average Bonchev–Trinajstić information content (AvgIpc) is 2.54. The molecule has 0 fully saturated rings. The first-order valence-electron chi connectivity index (χ1n) is 7.40. The van der Waals surface area contributed by atoms with Gasteiger partial charge < -0.3 is 24.8 Å². The quantitative estimate of drug-likeness (QED) is 0.756. The van der Waals surface area contributed by atoms with Crippen LogP contribution in [0, 0.1) is 0 Å². The van der Waals surface area contributed by atoms with E-state index in [4.69, 9.17) is 37.4 Å². The fourth-order valence-electron chi connectivity index (χ4n) is 2.62. The van der Waals surface area contributed by atoms with Crippen molar-refractivity contribution in [3.63, 3.8) is 0 Å². The summed E-state index contributed by atoms with van der Waals surface area (Å²) >= 11 is 12.5. The van der Waals surface area contributed by atoms with Crippen molar-refractivity contribution in [3.8, 4) is 11.5 Å². The molecule has 1 aromatic carbocycles. The first-order chi connectivity index (χ1) is 11.8. The molecule has 1 aromatic rings. The number of hydrogen-bond donors (Lipinski definition) is 2. The van der Waals surface area contributed by atoms with Crippen molar-refractivity contribution < 1.29 is 23.8 Å². The molecule has 2 amide bonds. The first kappa shape index (κ1) is 19.2. The third kappa shape index (κ3) is 3.62. The van der Waals surface area contributed by atoms with E-state index < -0.39 is 18.0 Å². The molecular weight excluding hydrogens is 371 g/mol. The standard InChI is InChI=1S/C16H18Cl2N2O5/c1-5-25-15(21)10-7(2)19-16(22)20-12(10)8-6-9(17)14(24-4)11(18)13(8)23-3/h6,12H,5H2,1-4H3,(H2,19,20,22). The zero-order chi connectivity index (χ0) is 18.7. The van der Waals surface area contributed by atoms with Gasteiger partial charge in [0.2, 0.25) is 0 Å². The van der Waals surface area contributed by atoms with Crippen molar-refractivity contribution in [1.29, 1.82) is 0 Å². The molecule has 0 aliphatic carbocycles. The number of rotatable bonds is 5. The lowest BCUT2D eigenvalue weighted by atomic mass is 9.94. The fourth-order valence-corrected chi connectivity index (χ4v) is 3.32. The maximum atomic E-state index is 12.4. The molecule has 0 radical (unpaired) electrons. The molecule has 0 aromatic heterocycles. The summed E-state index contributed by atoms with van der Waals surface area (Å²) in [5.41, 5.74) is 1.02. The van der Waals surface area contributed by atoms with E-state index in [-0.39, 0.29) is 33.7 Å². The van der Waals surface area contributed by atoms with Crippen LogP contribution < -0.4 is 20.1 Å². The number of ether oxygens (including phenoxy) is 3. The predicted octanol–water partition coefficient (Wildman–Crippen LogP) is 3.20. The molecule has 1 aliphatic heterocycles. The number of allylic oxidation sites excluding steroid dienone is 1. The normalized spacial score (nSPS) is 16.9. The monoisotopic (exact) mass is 388 g/mol. The van der Waals surface area contributed by atoms with Gasteiger partial charge in [-0.05, 0) is 19.9 Å². The van der Waals surface area contributed by atoms with Crippen molar-refractivity contribution in [2.45, 2.75) is 19.9 Å². The van der Waals surface area contributed by atoms with Crippen LogP contribution in [-0.4, -0.2) is 32.8 Å². The number of halogens is 2. The zero-order valence-electron chi connectivity index (χ0n) is 14.2. The van der Waals surface area contributed by atoms with Crippen LogP contribution in [0.15, 0.2) is 17.3 Å². The van der Waals surface area contributed by atoms with Crippen LogP contribution in [0.2, 0.25) is 10.0 Å². The number of urea groups is 1. The maximum Gasteiger partial charge on any atom is 0.338 e. The van der Waals surface area contributed by atoms with Crippen molar-refractivity contribution in [1.82, 2.24) is 10.6 Å². The largest absolute Gasteiger partial charge is 0.495 e. The summed E-state index contributed by atoms with van der Waals surface area (Å²) in [6.45, 7) is 3.49. The van der Waals surface area contributed by atoms with Crippen LogP contribution >= 0.6 is 23.2 Å². The SMILES string of the molecule is CCOC(=O)C1=C(C)NC(=O)NC1c1cc(Cl)c(OC)c(Cl)c1OC. The second-order valence-electron chi connectivity index (χ2n) is 5.12. The van der Waals surface area contributed by atoms with Gasteiger partial charge in [0.05, 0.1) is 37.5 Å². The van der Waals surface area contributed by atoms with E-state index in [9.17, 15) is 9.59 Å². The summed E-state index contributed by atoms with van der Waals surface area (Å²) in [5.74, 6) is -0.0880. The number of nitrogens with one attached hydrogen (secondary N) is 2. The van der Waals surface area contributed by atoms with Gasteiger partial charge in [-0.2, -0.15) is 0 Å². The highest BCUT2D eigenvalue weighted by atomic mass is 35.5. The Bertz CT molecular complexity index is 749. The first-order valence-corrected chi connectivity index (χ1v) is 8.16. The second kappa shape index (κ2) is 7.84. The van der Waals surface area contributed by atoms with E-state index in [2.05, 4.69) is 10.6 Å². The number of carbonyl (C=O) groups excluding carboxylic acids is 2. The second-order valence-corrected chi connectivity index (χ2v) is 5.90. The van der Waals surface area contributed by atoms with Gasteiger partial charge in [0, 0.05) is 11.3 Å². The summed E-state index contributed by atoms with van der Waals surface area (Å²) in [4.78, 5) is 24.3. The Hall–Kier alpha value is -2.12. The smallest absolute Gasteiger partial charge is 0.338 e. The van der Waals surface area contributed by atoms with Gasteiger partial charge in [-0.15, -0.1) is 0 Å². The highest BCUT2D eigenvalue weighted by Crippen LogP contribution is 2.46. The molecule has 0 spiro atoms. The lowest BCUT2D eigenvalue weighted by Crippen LogP contribution is -2.45. The van der Waals surface area contributed by atoms with Crippen molar-refractivity contribution in [2.75, 3.05) is 20.8 Å². The van der Waals surface area contributed by atoms with Crippen LogP contribution in [0.3, 0.4) is 0 Å². The molecule has 0 saturated heterocycles. The Balaban J connectivity index is 2.67. The number of benzene rings is 1. The summed E-state index contributed by atoms with van der Waals surface area (Å²) in [7, 11) is 2.84. The third-order valence-electron chi connectivity index (χ3n) is 3.64. The minimum Gasteiger partial charge on any atom is -0.495 e. The van der Waals surface area contributed by atoms with Crippen LogP contribution in [0.25, 0.3) is 0 Å². The molecule has 1 unspecified atom stereocenters. The van der Waals surface area contributed by atoms with Gasteiger partial charge in [0.15, 0.2) is 5.75 Å². The van der Waals surface area contributed by atoms with Crippen molar-refractivity contribution in [3.05, 3.63) is 32.9 Å². The number of carbonyl (C=O) groups is 2. The highest BCUT2D eigenvalue weighted by Gasteiger charge is 2.35. The van der Waals surface area contributed by atoms with Gasteiger partial charge >= 0.3 is 12.0 Å². The van der Waals surface area contributed by atoms with Crippen LogP contribution in [0.4, 0.5) is 4.79 Å². The molecule has 7 nitrogen and oxygen atoms in total. The lowest BCUT2D eigenvalue weighted by molar-refractivity contribution is -0.139. The topological polar surface area (TPSA) is 85.9 Å². The van der Waals surface area contributed by atoms with Gasteiger partial charge in [0.1, 0.15) is 10.8 Å². The molecular formula is C16H18Cl2N2O5. The van der Waals surface area contributed by atoms with Gasteiger partial charge in [-0.25, -0.2) is 9.59 Å². The summed E-state index contributed by atoms with van der Waals surface area (Å²) in [5, 5.41) is 5.59. The van der Waals surface area contributed by atoms with Crippen LogP contribution in [0.5, 0.6) is 11.5 Å². The molecule has 136 valence electrons. The van der Waals surface area contributed by atoms with E-state index in [0.29, 0.717) is 11.3 Å². The summed E-state index contributed by atoms with van der Waals surface area (Å²) < 4.78 is 15.6. The van der Waals surface area contributed by atoms with E-state index in [0.717, 1.165) is 0 Å². The zero-order valence-corrected chi connectivity index (χ0v) is 15.7. The van der Waals surface area contributed by atoms with Crippen molar-refractivity contribution in [2.24, 2.45) is 0 Å². The molecule has 9 heteroatoms. The van der Waals surface area contributed by atoms with Crippen LogP contribution in [-0.2, 0) is 9.53 Å². The van der Waals surface area contributed by atoms with Crippen LogP contribution in [0.1, 0.15) is 25.5 Å².